The normalized spacial score (nSPS) is 13.1. The molecule has 0 aliphatic carbocycles. The fourth-order valence-corrected chi connectivity index (χ4v) is 2.03. The lowest BCUT2D eigenvalue weighted by molar-refractivity contribution is -0.123. The zero-order chi connectivity index (χ0) is 14.4. The summed E-state index contributed by atoms with van der Waals surface area (Å²) in [7, 11) is 3.52. The minimum atomic E-state index is 0.0310. The first kappa shape index (κ1) is 17.2. The summed E-state index contributed by atoms with van der Waals surface area (Å²) < 4.78 is 0. The quantitative estimate of drug-likeness (QED) is 0.709. The zero-order valence-corrected chi connectivity index (χ0v) is 13.1. The van der Waals surface area contributed by atoms with Crippen LogP contribution in [-0.4, -0.2) is 37.0 Å². The molecule has 18 heavy (non-hydrogen) atoms. The number of nitrogens with zero attached hydrogens (tertiary/aromatic N) is 1. The van der Waals surface area contributed by atoms with E-state index in [9.17, 15) is 4.79 Å². The van der Waals surface area contributed by atoms with Gasteiger partial charge < -0.3 is 10.2 Å². The van der Waals surface area contributed by atoms with Gasteiger partial charge in [-0.3, -0.25) is 4.79 Å². The van der Waals surface area contributed by atoms with Crippen LogP contribution >= 0.6 is 0 Å². The Balaban J connectivity index is 4.16. The Hall–Kier alpha value is -0.830. The molecule has 0 atom stereocenters. The van der Waals surface area contributed by atoms with E-state index in [-0.39, 0.29) is 11.4 Å². The van der Waals surface area contributed by atoms with E-state index < -0.39 is 0 Å². The third-order valence-electron chi connectivity index (χ3n) is 3.28. The molecule has 0 spiro atoms. The first-order valence-corrected chi connectivity index (χ1v) is 6.72. The Labute approximate surface area is 113 Å². The van der Waals surface area contributed by atoms with Crippen molar-refractivity contribution in [1.82, 2.24) is 10.2 Å². The summed E-state index contributed by atoms with van der Waals surface area (Å²) in [4.78, 5) is 12.9. The second-order valence-corrected chi connectivity index (χ2v) is 6.59. The molecule has 1 amide bonds. The molecular formula is C15H30N2O. The van der Waals surface area contributed by atoms with Crippen LogP contribution in [0.3, 0.4) is 0 Å². The van der Waals surface area contributed by atoms with Crippen LogP contribution in [0.15, 0.2) is 12.2 Å². The van der Waals surface area contributed by atoms with Gasteiger partial charge in [0.2, 0.25) is 5.91 Å². The lowest BCUT2D eigenvalue weighted by Crippen LogP contribution is -2.42. The summed E-state index contributed by atoms with van der Waals surface area (Å²) in [6.45, 7) is 12.0. The predicted octanol–water partition coefficient (Wildman–Crippen LogP) is 2.83. The van der Waals surface area contributed by atoms with Crippen LogP contribution < -0.4 is 5.32 Å². The maximum atomic E-state index is 11.4. The molecule has 0 saturated carbocycles. The van der Waals surface area contributed by atoms with Gasteiger partial charge in [0.05, 0.1) is 0 Å². The van der Waals surface area contributed by atoms with E-state index in [0.717, 1.165) is 13.0 Å². The molecule has 106 valence electrons. The Kier molecular flexibility index (Phi) is 6.61. The second-order valence-electron chi connectivity index (χ2n) is 6.59. The van der Waals surface area contributed by atoms with Crippen molar-refractivity contribution in [3.05, 3.63) is 12.2 Å². The Morgan fingerprint density at radius 2 is 1.78 bits per heavy atom. The monoisotopic (exact) mass is 254 g/mol. The molecule has 0 bridgehead atoms. The van der Waals surface area contributed by atoms with E-state index in [4.69, 9.17) is 0 Å². The molecule has 0 saturated heterocycles. The summed E-state index contributed by atoms with van der Waals surface area (Å²) >= 11 is 0. The Morgan fingerprint density at radius 1 is 1.22 bits per heavy atom. The molecule has 0 fully saturated rings. The largest absolute Gasteiger partial charge is 0.345 e. The van der Waals surface area contributed by atoms with E-state index in [2.05, 4.69) is 39.9 Å². The average molecular weight is 254 g/mol. The molecule has 0 rings (SSSR count). The third kappa shape index (κ3) is 7.49. The lowest BCUT2D eigenvalue weighted by atomic mass is 9.78. The van der Waals surface area contributed by atoms with Crippen molar-refractivity contribution in [3.63, 3.8) is 0 Å². The molecule has 0 aliphatic rings. The summed E-state index contributed by atoms with van der Waals surface area (Å²) in [5.74, 6) is 0.0310. The predicted molar refractivity (Wildman–Crippen MR) is 78.6 cm³/mol. The molecule has 0 aromatic heterocycles. The van der Waals surface area contributed by atoms with E-state index in [1.807, 2.05) is 6.08 Å². The van der Waals surface area contributed by atoms with Crippen molar-refractivity contribution in [2.24, 2.45) is 5.41 Å². The van der Waals surface area contributed by atoms with Crippen molar-refractivity contribution in [2.45, 2.75) is 53.0 Å². The van der Waals surface area contributed by atoms with Crippen LogP contribution in [0.4, 0.5) is 0 Å². The van der Waals surface area contributed by atoms with Crippen molar-refractivity contribution < 1.29 is 4.79 Å². The summed E-state index contributed by atoms with van der Waals surface area (Å²) in [5.41, 5.74) is 0.435. The molecular weight excluding hydrogens is 224 g/mol. The van der Waals surface area contributed by atoms with Gasteiger partial charge in [0.1, 0.15) is 0 Å². The van der Waals surface area contributed by atoms with Gasteiger partial charge in [0.25, 0.3) is 0 Å². The van der Waals surface area contributed by atoms with E-state index in [1.165, 1.54) is 6.42 Å². The number of likely N-dealkylation sites (N-methyl/N-ethyl adjacent to an activating group) is 1. The molecule has 0 aromatic rings. The highest BCUT2D eigenvalue weighted by molar-refractivity contribution is 5.87. The highest BCUT2D eigenvalue weighted by Crippen LogP contribution is 2.30. The molecule has 1 N–H and O–H groups in total. The molecule has 3 nitrogen and oxygen atoms in total. The van der Waals surface area contributed by atoms with Gasteiger partial charge in [-0.2, -0.15) is 0 Å². The smallest absolute Gasteiger partial charge is 0.245 e. The van der Waals surface area contributed by atoms with E-state index in [1.54, 1.807) is 25.1 Å². The van der Waals surface area contributed by atoms with Crippen LogP contribution in [0.1, 0.15) is 47.5 Å². The number of carbonyl (C=O) groups is 1. The zero-order valence-electron chi connectivity index (χ0n) is 13.1. The standard InChI is InChI=1S/C15H30N2O/c1-8-14(2,3)12-15(4,5)16-11-9-10-13(18)17(6)7/h9-10,16H,8,11-12H2,1-7H3/b10-9+. The third-order valence-corrected chi connectivity index (χ3v) is 3.28. The van der Waals surface area contributed by atoms with Crippen LogP contribution in [0.25, 0.3) is 0 Å². The van der Waals surface area contributed by atoms with E-state index in [0.29, 0.717) is 5.41 Å². The molecule has 3 heteroatoms. The molecule has 0 heterocycles. The van der Waals surface area contributed by atoms with Crippen LogP contribution in [0, 0.1) is 5.41 Å². The average Bonchev–Trinajstić information content (AvgIpc) is 2.22. The van der Waals surface area contributed by atoms with Gasteiger partial charge in [-0.15, -0.1) is 0 Å². The van der Waals surface area contributed by atoms with Gasteiger partial charge in [-0.25, -0.2) is 0 Å². The number of carbonyl (C=O) groups excluding carboxylic acids is 1. The maximum Gasteiger partial charge on any atom is 0.245 e. The fourth-order valence-electron chi connectivity index (χ4n) is 2.03. The van der Waals surface area contributed by atoms with Gasteiger partial charge in [-0.1, -0.05) is 33.3 Å². The van der Waals surface area contributed by atoms with Crippen LogP contribution in [0.5, 0.6) is 0 Å². The van der Waals surface area contributed by atoms with Crippen LogP contribution in [0.2, 0.25) is 0 Å². The first-order valence-electron chi connectivity index (χ1n) is 6.72. The minimum Gasteiger partial charge on any atom is -0.345 e. The van der Waals surface area contributed by atoms with Crippen molar-refractivity contribution in [2.75, 3.05) is 20.6 Å². The SMILES string of the molecule is CCC(C)(C)CC(C)(C)NC/C=C/C(=O)N(C)C. The van der Waals surface area contributed by atoms with Gasteiger partial charge in [0, 0.05) is 32.3 Å². The highest BCUT2D eigenvalue weighted by atomic mass is 16.2. The van der Waals surface area contributed by atoms with Crippen molar-refractivity contribution >= 4 is 5.91 Å². The summed E-state index contributed by atoms with van der Waals surface area (Å²) in [6.07, 6.45) is 5.80. The molecule has 0 aromatic carbocycles. The van der Waals surface area contributed by atoms with Gasteiger partial charge in [0.15, 0.2) is 0 Å². The lowest BCUT2D eigenvalue weighted by Gasteiger charge is -2.35. The number of hydrogen-bond donors (Lipinski definition) is 1. The first-order chi connectivity index (χ1) is 8.09. The van der Waals surface area contributed by atoms with Gasteiger partial charge in [-0.05, 0) is 25.7 Å². The maximum absolute atomic E-state index is 11.4. The summed E-state index contributed by atoms with van der Waals surface area (Å²) in [6, 6.07) is 0. The highest BCUT2D eigenvalue weighted by Gasteiger charge is 2.26. The second kappa shape index (κ2) is 6.93. The van der Waals surface area contributed by atoms with Gasteiger partial charge >= 0.3 is 0 Å². The Morgan fingerprint density at radius 3 is 2.22 bits per heavy atom. The topological polar surface area (TPSA) is 32.3 Å². The number of hydrogen-bond acceptors (Lipinski definition) is 2. The minimum absolute atomic E-state index is 0.0310. The molecule has 0 aliphatic heterocycles. The summed E-state index contributed by atoms with van der Waals surface area (Å²) in [5, 5.41) is 3.49. The molecule has 0 unspecified atom stereocenters. The number of rotatable bonds is 7. The Bertz CT molecular complexity index is 291. The molecule has 0 radical (unpaired) electrons. The van der Waals surface area contributed by atoms with Crippen molar-refractivity contribution in [1.29, 1.82) is 0 Å². The van der Waals surface area contributed by atoms with Crippen LogP contribution in [-0.2, 0) is 4.79 Å². The fraction of sp³-hybridized carbons (Fsp3) is 0.800. The van der Waals surface area contributed by atoms with Crippen molar-refractivity contribution in [3.8, 4) is 0 Å². The van der Waals surface area contributed by atoms with E-state index >= 15 is 0 Å². The number of amides is 1. The number of nitrogens with one attached hydrogen (secondary N) is 1.